The molecule has 2 aliphatic heterocycles. The highest BCUT2D eigenvalue weighted by Crippen LogP contribution is 2.22. The molecular weight excluding hydrogens is 220 g/mol. The molecule has 16 heavy (non-hydrogen) atoms. The molecule has 2 fully saturated rings. The van der Waals surface area contributed by atoms with Crippen LogP contribution in [-0.4, -0.2) is 58.6 Å². The zero-order valence-corrected chi connectivity index (χ0v) is 10.1. The molecule has 2 saturated heterocycles. The summed E-state index contributed by atoms with van der Waals surface area (Å²) in [4.78, 5) is 13.4. The quantitative estimate of drug-likeness (QED) is 0.755. The van der Waals surface area contributed by atoms with Crippen molar-refractivity contribution >= 4 is 17.7 Å². The molecule has 2 aliphatic rings. The van der Waals surface area contributed by atoms with Gasteiger partial charge in [-0.15, -0.1) is 0 Å². The van der Waals surface area contributed by atoms with Gasteiger partial charge in [0.1, 0.15) is 0 Å². The van der Waals surface area contributed by atoms with Crippen molar-refractivity contribution in [1.82, 2.24) is 14.9 Å². The van der Waals surface area contributed by atoms with Crippen molar-refractivity contribution in [3.05, 3.63) is 18.5 Å². The third kappa shape index (κ3) is 2.01. The van der Waals surface area contributed by atoms with Gasteiger partial charge in [0, 0.05) is 56.1 Å². The average molecular weight is 236 g/mol. The molecule has 0 atom stereocenters. The molecule has 86 valence electrons. The summed E-state index contributed by atoms with van der Waals surface area (Å²) in [5.41, 5.74) is 0. The van der Waals surface area contributed by atoms with E-state index in [4.69, 9.17) is 0 Å². The summed E-state index contributed by atoms with van der Waals surface area (Å²) in [6, 6.07) is 2.59. The number of hydrogen-bond acceptors (Lipinski definition) is 5. The Morgan fingerprint density at radius 2 is 1.81 bits per heavy atom. The van der Waals surface area contributed by atoms with Crippen molar-refractivity contribution in [2.75, 3.05) is 42.6 Å². The monoisotopic (exact) mass is 236 g/mol. The van der Waals surface area contributed by atoms with Crippen LogP contribution in [0.2, 0.25) is 0 Å². The molecule has 0 amide bonds. The van der Waals surface area contributed by atoms with E-state index < -0.39 is 0 Å². The molecule has 0 unspecified atom stereocenters. The summed E-state index contributed by atoms with van der Waals surface area (Å²) >= 11 is 2.07. The lowest BCUT2D eigenvalue weighted by molar-refractivity contribution is 0.181. The van der Waals surface area contributed by atoms with Crippen LogP contribution in [0, 0.1) is 0 Å². The number of nitrogens with zero attached hydrogens (tertiary/aromatic N) is 4. The van der Waals surface area contributed by atoms with Gasteiger partial charge in [-0.25, -0.2) is 9.97 Å². The molecule has 0 spiro atoms. The molecule has 1 aromatic heterocycles. The van der Waals surface area contributed by atoms with Gasteiger partial charge in [0.15, 0.2) is 0 Å². The van der Waals surface area contributed by atoms with E-state index in [1.807, 2.05) is 18.5 Å². The third-order valence-electron chi connectivity index (χ3n) is 3.26. The predicted octanol–water partition coefficient (Wildman–Crippen LogP) is 0.714. The molecule has 3 heterocycles. The summed E-state index contributed by atoms with van der Waals surface area (Å²) < 4.78 is 0. The van der Waals surface area contributed by atoms with Crippen molar-refractivity contribution in [3.8, 4) is 0 Å². The Labute approximate surface area is 100 Å². The van der Waals surface area contributed by atoms with Gasteiger partial charge in [-0.05, 0) is 6.07 Å². The highest BCUT2D eigenvalue weighted by molar-refractivity contribution is 7.99. The molecule has 0 aliphatic carbocycles. The van der Waals surface area contributed by atoms with Crippen molar-refractivity contribution in [1.29, 1.82) is 0 Å². The lowest BCUT2D eigenvalue weighted by Gasteiger charge is -2.46. The maximum Gasteiger partial charge on any atom is 0.225 e. The van der Waals surface area contributed by atoms with E-state index in [0.717, 1.165) is 25.1 Å². The van der Waals surface area contributed by atoms with E-state index in [1.54, 1.807) is 0 Å². The molecule has 3 rings (SSSR count). The SMILES string of the molecule is c1cnc(N2CC(N3CCSCC3)C2)nc1. The van der Waals surface area contributed by atoms with Crippen LogP contribution < -0.4 is 4.90 Å². The van der Waals surface area contributed by atoms with Gasteiger partial charge in [0.2, 0.25) is 5.95 Å². The second-order valence-electron chi connectivity index (χ2n) is 4.26. The topological polar surface area (TPSA) is 32.3 Å². The standard InChI is InChI=1S/C11H16N4S/c1-2-12-11(13-3-1)15-8-10(9-15)14-4-6-16-7-5-14/h1-3,10H,4-9H2. The van der Waals surface area contributed by atoms with E-state index >= 15 is 0 Å². The van der Waals surface area contributed by atoms with Crippen LogP contribution in [0.4, 0.5) is 5.95 Å². The second kappa shape index (κ2) is 4.59. The van der Waals surface area contributed by atoms with Crippen LogP contribution in [0.5, 0.6) is 0 Å². The molecule has 5 heteroatoms. The first-order valence-electron chi connectivity index (χ1n) is 5.77. The van der Waals surface area contributed by atoms with Gasteiger partial charge < -0.3 is 4.90 Å². The Hall–Kier alpha value is -0.810. The van der Waals surface area contributed by atoms with Crippen LogP contribution in [-0.2, 0) is 0 Å². The Morgan fingerprint density at radius 1 is 1.12 bits per heavy atom. The summed E-state index contributed by atoms with van der Waals surface area (Å²) in [5, 5.41) is 0. The van der Waals surface area contributed by atoms with E-state index in [2.05, 4.69) is 31.5 Å². The summed E-state index contributed by atoms with van der Waals surface area (Å²) in [6.07, 6.45) is 3.63. The summed E-state index contributed by atoms with van der Waals surface area (Å²) in [6.45, 7) is 4.68. The number of thioether (sulfide) groups is 1. The van der Waals surface area contributed by atoms with Crippen molar-refractivity contribution in [2.24, 2.45) is 0 Å². The Morgan fingerprint density at radius 3 is 2.50 bits per heavy atom. The fourth-order valence-electron chi connectivity index (χ4n) is 2.25. The Bertz CT molecular complexity index is 333. The lowest BCUT2D eigenvalue weighted by atomic mass is 10.1. The molecule has 0 saturated carbocycles. The smallest absolute Gasteiger partial charge is 0.225 e. The van der Waals surface area contributed by atoms with Gasteiger partial charge >= 0.3 is 0 Å². The molecule has 0 N–H and O–H groups in total. The second-order valence-corrected chi connectivity index (χ2v) is 5.48. The molecular formula is C11H16N4S. The maximum atomic E-state index is 4.27. The number of rotatable bonds is 2. The Kier molecular flexibility index (Phi) is 2.97. The van der Waals surface area contributed by atoms with Crippen LogP contribution in [0.1, 0.15) is 0 Å². The lowest BCUT2D eigenvalue weighted by Crippen LogP contribution is -2.61. The molecule has 0 aromatic carbocycles. The molecule has 0 radical (unpaired) electrons. The third-order valence-corrected chi connectivity index (χ3v) is 4.20. The molecule has 0 bridgehead atoms. The van der Waals surface area contributed by atoms with Crippen LogP contribution in [0.3, 0.4) is 0 Å². The fourth-order valence-corrected chi connectivity index (χ4v) is 3.18. The van der Waals surface area contributed by atoms with Crippen LogP contribution >= 0.6 is 11.8 Å². The number of hydrogen-bond donors (Lipinski definition) is 0. The summed E-state index contributed by atoms with van der Waals surface area (Å²) in [7, 11) is 0. The van der Waals surface area contributed by atoms with E-state index in [9.17, 15) is 0 Å². The number of anilines is 1. The first-order chi connectivity index (χ1) is 7.93. The number of aromatic nitrogens is 2. The minimum atomic E-state index is 0.727. The highest BCUT2D eigenvalue weighted by atomic mass is 32.2. The van der Waals surface area contributed by atoms with Crippen LogP contribution in [0.15, 0.2) is 18.5 Å². The van der Waals surface area contributed by atoms with Gasteiger partial charge in [-0.1, -0.05) is 0 Å². The average Bonchev–Trinajstić information content (AvgIpc) is 2.30. The summed E-state index contributed by atoms with van der Waals surface area (Å²) in [5.74, 6) is 3.46. The van der Waals surface area contributed by atoms with E-state index in [0.29, 0.717) is 0 Å². The van der Waals surface area contributed by atoms with Gasteiger partial charge in [0.05, 0.1) is 0 Å². The normalized spacial score (nSPS) is 23.1. The highest BCUT2D eigenvalue weighted by Gasteiger charge is 2.33. The minimum Gasteiger partial charge on any atom is -0.338 e. The molecule has 4 nitrogen and oxygen atoms in total. The van der Waals surface area contributed by atoms with Crippen molar-refractivity contribution in [2.45, 2.75) is 6.04 Å². The minimum absolute atomic E-state index is 0.727. The van der Waals surface area contributed by atoms with Crippen LogP contribution in [0.25, 0.3) is 0 Å². The first kappa shape index (κ1) is 10.4. The van der Waals surface area contributed by atoms with Crippen molar-refractivity contribution < 1.29 is 0 Å². The van der Waals surface area contributed by atoms with Gasteiger partial charge in [-0.3, -0.25) is 4.90 Å². The van der Waals surface area contributed by atoms with E-state index in [-0.39, 0.29) is 0 Å². The molecule has 1 aromatic rings. The Balaban J connectivity index is 1.54. The maximum absolute atomic E-state index is 4.27. The van der Waals surface area contributed by atoms with Gasteiger partial charge in [-0.2, -0.15) is 11.8 Å². The van der Waals surface area contributed by atoms with Crippen molar-refractivity contribution in [3.63, 3.8) is 0 Å². The zero-order chi connectivity index (χ0) is 10.8. The predicted molar refractivity (Wildman–Crippen MR) is 66.9 cm³/mol. The first-order valence-corrected chi connectivity index (χ1v) is 6.93. The largest absolute Gasteiger partial charge is 0.338 e. The fraction of sp³-hybridized carbons (Fsp3) is 0.636. The van der Waals surface area contributed by atoms with Gasteiger partial charge in [0.25, 0.3) is 0 Å². The van der Waals surface area contributed by atoms with E-state index in [1.165, 1.54) is 24.6 Å². The zero-order valence-electron chi connectivity index (χ0n) is 9.25.